The summed E-state index contributed by atoms with van der Waals surface area (Å²) in [7, 11) is 2.18. The van der Waals surface area contributed by atoms with Crippen LogP contribution in [0.5, 0.6) is 0 Å². The van der Waals surface area contributed by atoms with E-state index in [4.69, 9.17) is 0 Å². The van der Waals surface area contributed by atoms with Gasteiger partial charge in [0.1, 0.15) is 7.05 Å². The fourth-order valence-corrected chi connectivity index (χ4v) is 7.26. The van der Waals surface area contributed by atoms with Crippen molar-refractivity contribution in [3.63, 3.8) is 0 Å². The highest BCUT2D eigenvalue weighted by Gasteiger charge is 2.48. The van der Waals surface area contributed by atoms with Crippen molar-refractivity contribution < 1.29 is 5.94 Å². The van der Waals surface area contributed by atoms with Gasteiger partial charge in [-0.15, -0.1) is 0 Å². The van der Waals surface area contributed by atoms with Gasteiger partial charge in [0.25, 0.3) is 0 Å². The molecule has 2 aliphatic carbocycles. The Morgan fingerprint density at radius 3 is 2.30 bits per heavy atom. The number of aromatic nitrogens is 1. The summed E-state index contributed by atoms with van der Waals surface area (Å²) >= 11 is 0. The molecule has 0 radical (unpaired) electrons. The van der Waals surface area contributed by atoms with Crippen molar-refractivity contribution in [2.75, 3.05) is 0 Å². The molecule has 1 heteroatoms. The van der Waals surface area contributed by atoms with Gasteiger partial charge >= 0.3 is 0 Å². The Bertz CT molecular complexity index is 1580. The van der Waals surface area contributed by atoms with Crippen LogP contribution in [0, 0.1) is 13.8 Å². The van der Waals surface area contributed by atoms with Crippen molar-refractivity contribution in [2.24, 2.45) is 7.05 Å². The normalized spacial score (nSPS) is 19.7. The SMILES string of the molecule is [2H]C1(c2c[n+](C)c(-c3c(C)ccc4c3-c3ccc5ccccc5c3C(C)(C)C4(C)C)cc2C)CCCCC1. The summed E-state index contributed by atoms with van der Waals surface area (Å²) in [5.74, 6) is -0.457. The van der Waals surface area contributed by atoms with Crippen LogP contribution in [0.15, 0.2) is 60.8 Å². The van der Waals surface area contributed by atoms with Crippen LogP contribution in [-0.4, -0.2) is 0 Å². The molecule has 3 aromatic carbocycles. The predicted molar refractivity (Wildman–Crippen MR) is 157 cm³/mol. The lowest BCUT2D eigenvalue weighted by Gasteiger charge is -2.49. The van der Waals surface area contributed by atoms with Crippen molar-refractivity contribution >= 4 is 10.8 Å². The molecule has 0 amide bonds. The molecule has 0 unspecified atom stereocenters. The first-order valence-electron chi connectivity index (χ1n) is 14.7. The summed E-state index contributed by atoms with van der Waals surface area (Å²) in [4.78, 5) is 0. The number of benzene rings is 3. The van der Waals surface area contributed by atoms with E-state index in [1.165, 1.54) is 67.4 Å². The minimum atomic E-state index is -0.457. The lowest BCUT2D eigenvalue weighted by molar-refractivity contribution is -0.661. The van der Waals surface area contributed by atoms with Crippen LogP contribution in [-0.2, 0) is 17.9 Å². The Balaban J connectivity index is 1.66. The molecule has 0 saturated heterocycles. The van der Waals surface area contributed by atoms with Crippen LogP contribution in [0.2, 0.25) is 0 Å². The first-order valence-corrected chi connectivity index (χ1v) is 14.2. The number of fused-ring (bicyclic) bond motifs is 5. The predicted octanol–water partition coefficient (Wildman–Crippen LogP) is 9.23. The molecule has 37 heavy (non-hydrogen) atoms. The average Bonchev–Trinajstić information content (AvgIpc) is 2.88. The monoisotopic (exact) mass is 489 g/mol. The molecule has 6 rings (SSSR count). The maximum absolute atomic E-state index is 9.32. The second-order valence-corrected chi connectivity index (χ2v) is 12.7. The van der Waals surface area contributed by atoms with Gasteiger partial charge in [-0.1, -0.05) is 95.5 Å². The number of hydrogen-bond donors (Lipinski definition) is 0. The molecule has 0 atom stereocenters. The molecule has 1 saturated carbocycles. The van der Waals surface area contributed by atoms with E-state index in [9.17, 15) is 1.37 Å². The lowest BCUT2D eigenvalue weighted by Crippen LogP contribution is -2.44. The third-order valence-electron chi connectivity index (χ3n) is 10.0. The highest BCUT2D eigenvalue weighted by Crippen LogP contribution is 2.57. The average molecular weight is 490 g/mol. The Morgan fingerprint density at radius 2 is 1.54 bits per heavy atom. The van der Waals surface area contributed by atoms with Gasteiger partial charge in [0.2, 0.25) is 5.69 Å². The Labute approximate surface area is 225 Å². The van der Waals surface area contributed by atoms with Crippen LogP contribution in [0.1, 0.15) is 94.9 Å². The number of nitrogens with zero attached hydrogens (tertiary/aromatic N) is 1. The fourth-order valence-electron chi connectivity index (χ4n) is 7.26. The highest BCUT2D eigenvalue weighted by molar-refractivity contribution is 5.99. The zero-order valence-electron chi connectivity index (χ0n) is 24.8. The van der Waals surface area contributed by atoms with E-state index in [-0.39, 0.29) is 10.8 Å². The molecule has 190 valence electrons. The van der Waals surface area contributed by atoms with Crippen LogP contribution < -0.4 is 4.57 Å². The Hall–Kier alpha value is -2.93. The quantitative estimate of drug-likeness (QED) is 0.247. The minimum absolute atomic E-state index is 0.0384. The summed E-state index contributed by atoms with van der Waals surface area (Å²) in [6, 6.07) is 20.6. The first-order chi connectivity index (χ1) is 18.0. The molecule has 1 fully saturated rings. The first kappa shape index (κ1) is 23.2. The third kappa shape index (κ3) is 3.53. The highest BCUT2D eigenvalue weighted by atomic mass is 14.9. The van der Waals surface area contributed by atoms with Crippen LogP contribution in [0.4, 0.5) is 0 Å². The summed E-state index contributed by atoms with van der Waals surface area (Å²) in [5.41, 5.74) is 11.9. The van der Waals surface area contributed by atoms with E-state index < -0.39 is 5.89 Å². The van der Waals surface area contributed by atoms with E-state index >= 15 is 0 Å². The molecule has 0 aliphatic heterocycles. The zero-order valence-corrected chi connectivity index (χ0v) is 23.8. The van der Waals surface area contributed by atoms with Gasteiger partial charge in [-0.3, -0.25) is 0 Å². The summed E-state index contributed by atoms with van der Waals surface area (Å²) in [6.45, 7) is 14.2. The molecule has 1 aromatic heterocycles. The molecule has 0 bridgehead atoms. The molecular formula is C36H42N+. The third-order valence-corrected chi connectivity index (χ3v) is 10.0. The van der Waals surface area contributed by atoms with Crippen molar-refractivity contribution in [3.8, 4) is 22.4 Å². The molecule has 0 N–H and O–H groups in total. The maximum Gasteiger partial charge on any atom is 0.213 e. The molecule has 2 aliphatic rings. The smallest absolute Gasteiger partial charge is 0.201 e. The summed E-state index contributed by atoms with van der Waals surface area (Å²) in [5, 5.41) is 2.68. The number of hydrogen-bond acceptors (Lipinski definition) is 0. The topological polar surface area (TPSA) is 3.88 Å². The van der Waals surface area contributed by atoms with Gasteiger partial charge in [-0.05, 0) is 82.2 Å². The van der Waals surface area contributed by atoms with Crippen LogP contribution in [0.3, 0.4) is 0 Å². The maximum atomic E-state index is 9.32. The summed E-state index contributed by atoms with van der Waals surface area (Å²) < 4.78 is 11.6. The molecule has 1 heterocycles. The Morgan fingerprint density at radius 1 is 0.811 bits per heavy atom. The molecular weight excluding hydrogens is 446 g/mol. The van der Waals surface area contributed by atoms with Gasteiger partial charge in [0.15, 0.2) is 6.20 Å². The van der Waals surface area contributed by atoms with Crippen molar-refractivity contribution in [1.29, 1.82) is 0 Å². The van der Waals surface area contributed by atoms with E-state index in [0.717, 1.165) is 25.7 Å². The zero-order chi connectivity index (χ0) is 27.0. The second kappa shape index (κ2) is 8.55. The van der Waals surface area contributed by atoms with Gasteiger partial charge < -0.3 is 0 Å². The largest absolute Gasteiger partial charge is 0.213 e. The molecule has 0 spiro atoms. The number of aryl methyl sites for hydroxylation is 3. The number of pyridine rings is 1. The van der Waals surface area contributed by atoms with E-state index in [1.54, 1.807) is 0 Å². The van der Waals surface area contributed by atoms with Gasteiger partial charge in [-0.25, -0.2) is 4.57 Å². The van der Waals surface area contributed by atoms with E-state index in [0.29, 0.717) is 0 Å². The lowest BCUT2D eigenvalue weighted by atomic mass is 9.54. The van der Waals surface area contributed by atoms with Gasteiger partial charge in [-0.2, -0.15) is 0 Å². The summed E-state index contributed by atoms with van der Waals surface area (Å²) in [6.07, 6.45) is 7.80. The second-order valence-electron chi connectivity index (χ2n) is 12.7. The number of rotatable bonds is 2. The standard InChI is InChI=1S/C36H42N/c1-23-17-20-30-33(32(23)31-21-24(2)29(22-37(31)7)25-13-9-8-10-14-25)28-19-18-26-15-11-12-16-27(26)34(28)36(5,6)35(30,3)4/h11-12,15-22,25H,8-10,13-14H2,1-7H3/q+1/i25D. The van der Waals surface area contributed by atoms with Crippen molar-refractivity contribution in [1.82, 2.24) is 0 Å². The van der Waals surface area contributed by atoms with Crippen LogP contribution >= 0.6 is 0 Å². The molecule has 1 nitrogen and oxygen atoms in total. The minimum Gasteiger partial charge on any atom is -0.201 e. The van der Waals surface area contributed by atoms with Gasteiger partial charge in [0, 0.05) is 18.4 Å². The Kier molecular flexibility index (Phi) is 5.36. The molecule has 4 aromatic rings. The fraction of sp³-hybridized carbons (Fsp3) is 0.417. The van der Waals surface area contributed by atoms with Crippen LogP contribution in [0.25, 0.3) is 33.2 Å². The van der Waals surface area contributed by atoms with Crippen molar-refractivity contribution in [3.05, 3.63) is 88.6 Å². The van der Waals surface area contributed by atoms with Gasteiger partial charge in [0.05, 0.1) is 5.56 Å². The van der Waals surface area contributed by atoms with E-state index in [2.05, 4.69) is 114 Å². The van der Waals surface area contributed by atoms with Crippen molar-refractivity contribution in [2.45, 2.75) is 90.4 Å². The van der Waals surface area contributed by atoms with E-state index in [1.807, 2.05) is 0 Å².